The van der Waals surface area contributed by atoms with Gasteiger partial charge in [-0.2, -0.15) is 13.1 Å². The molecule has 0 spiro atoms. The molecule has 1 amide bonds. The topological polar surface area (TPSA) is 126 Å². The van der Waals surface area contributed by atoms with Crippen molar-refractivity contribution in [1.82, 2.24) is 9.21 Å². The maximum atomic E-state index is 16.1. The van der Waals surface area contributed by atoms with Crippen molar-refractivity contribution in [3.63, 3.8) is 0 Å². The zero-order valence-corrected chi connectivity index (χ0v) is 24.1. The highest BCUT2D eigenvalue weighted by molar-refractivity contribution is 7.89. The number of carboxylic acid groups (broad SMARTS) is 1. The zero-order valence-electron chi connectivity index (χ0n) is 23.3. The van der Waals surface area contributed by atoms with Crippen LogP contribution in [0.4, 0.5) is 13.6 Å². The number of carbonyl (C=O) groups excluding carboxylic acids is 2. The molecule has 3 aromatic carbocycles. The fourth-order valence-corrected chi connectivity index (χ4v) is 6.20. The summed E-state index contributed by atoms with van der Waals surface area (Å²) < 4.78 is 75.5. The maximum absolute atomic E-state index is 16.1. The molecule has 43 heavy (non-hydrogen) atoms. The van der Waals surface area contributed by atoms with Gasteiger partial charge in [0, 0.05) is 13.0 Å². The number of carbonyl (C=O) groups is 2. The molecule has 1 fully saturated rings. The van der Waals surface area contributed by atoms with Crippen molar-refractivity contribution >= 4 is 21.9 Å². The van der Waals surface area contributed by atoms with Gasteiger partial charge >= 0.3 is 5.92 Å². The first-order valence-electron chi connectivity index (χ1n) is 13.3. The molecule has 0 aliphatic carbocycles. The van der Waals surface area contributed by atoms with Crippen LogP contribution >= 0.6 is 0 Å². The molecule has 230 valence electrons. The molecule has 10 nitrogen and oxygen atoms in total. The van der Waals surface area contributed by atoms with Crippen molar-refractivity contribution in [3.05, 3.63) is 96.1 Å². The van der Waals surface area contributed by atoms with Gasteiger partial charge in [0.25, 0.3) is 0 Å². The molecule has 0 radical (unpaired) electrons. The number of Topliss-reactive ketones (excluding diaryl/α,β-unsaturated/α-hetero) is 1. The number of amides is 1. The predicted octanol–water partition coefficient (Wildman–Crippen LogP) is 2.72. The van der Waals surface area contributed by atoms with E-state index in [1.54, 1.807) is 60.7 Å². The van der Waals surface area contributed by atoms with Crippen LogP contribution in [-0.4, -0.2) is 81.2 Å². The number of nitrogens with zero attached hydrogens (tertiary/aromatic N) is 2. The summed E-state index contributed by atoms with van der Waals surface area (Å²) in [7, 11) is -3.18. The van der Waals surface area contributed by atoms with E-state index in [1.165, 1.54) is 31.4 Å². The van der Waals surface area contributed by atoms with Crippen LogP contribution in [0.15, 0.2) is 89.8 Å². The highest BCUT2D eigenvalue weighted by atomic mass is 32.2. The Hall–Kier alpha value is -3.91. The third-order valence-corrected chi connectivity index (χ3v) is 8.74. The van der Waals surface area contributed by atoms with Crippen LogP contribution in [0, 0.1) is 0 Å². The maximum Gasteiger partial charge on any atom is 0.320 e. The van der Waals surface area contributed by atoms with E-state index in [9.17, 15) is 23.1 Å². The molecule has 0 saturated carbocycles. The van der Waals surface area contributed by atoms with Crippen molar-refractivity contribution in [2.75, 3.05) is 33.7 Å². The van der Waals surface area contributed by atoms with Crippen LogP contribution in [0.2, 0.25) is 0 Å². The fraction of sp³-hybridized carbons (Fsp3) is 0.333. The van der Waals surface area contributed by atoms with Gasteiger partial charge in [0.2, 0.25) is 15.8 Å². The number of sulfonamides is 1. The highest BCUT2D eigenvalue weighted by Crippen LogP contribution is 2.29. The van der Waals surface area contributed by atoms with Crippen molar-refractivity contribution in [2.45, 2.75) is 35.9 Å². The monoisotopic (exact) mass is 617 g/mol. The van der Waals surface area contributed by atoms with Gasteiger partial charge in [-0.1, -0.05) is 60.7 Å². The van der Waals surface area contributed by atoms with Crippen LogP contribution in [0.25, 0.3) is 0 Å². The number of alkyl halides is 2. The van der Waals surface area contributed by atoms with E-state index in [0.29, 0.717) is 26.1 Å². The molecule has 1 aliphatic rings. The van der Waals surface area contributed by atoms with E-state index in [1.807, 2.05) is 0 Å². The van der Waals surface area contributed by atoms with Crippen molar-refractivity contribution < 1.29 is 46.1 Å². The number of halogens is 2. The summed E-state index contributed by atoms with van der Waals surface area (Å²) in [5.41, 5.74) is 0.809. The SMILES string of the molecule is COc1ccc(S(=O)(=O)N(Cc2ccccc2)CC(F)(F)C(=O)[C@@H](Cc2ccccc2)N(C(=O)[O-])C2COCOC2)cc1. The van der Waals surface area contributed by atoms with Gasteiger partial charge in [-0.15, -0.1) is 0 Å². The number of methoxy groups -OCH3 is 1. The summed E-state index contributed by atoms with van der Waals surface area (Å²) in [5.74, 6) is -5.75. The average Bonchev–Trinajstić information content (AvgIpc) is 3.01. The van der Waals surface area contributed by atoms with Gasteiger partial charge in [0.1, 0.15) is 18.6 Å². The van der Waals surface area contributed by atoms with Crippen LogP contribution in [0.3, 0.4) is 0 Å². The van der Waals surface area contributed by atoms with Gasteiger partial charge < -0.3 is 29.0 Å². The molecule has 1 heterocycles. The summed E-state index contributed by atoms with van der Waals surface area (Å²) >= 11 is 0. The van der Waals surface area contributed by atoms with Gasteiger partial charge in [-0.05, 0) is 35.4 Å². The molecule has 0 aromatic heterocycles. The normalized spacial score (nSPS) is 15.2. The van der Waals surface area contributed by atoms with E-state index >= 15 is 8.78 Å². The quantitative estimate of drug-likeness (QED) is 0.287. The standard InChI is InChI=1S/C30H32F2N2O8S/c1-40-25-12-14-26(15-13-25)43(38,39)33(17-23-10-6-3-7-11-23)20-30(31,32)28(35)27(16-22-8-4-2-5-9-22)34(29(36)37)24-18-41-21-42-19-24/h2-15,24,27H,16-21H2,1H3,(H,36,37)/p-1/t27-/m1/s1. The zero-order chi connectivity index (χ0) is 31.0. The Morgan fingerprint density at radius 2 is 1.51 bits per heavy atom. The molecular weight excluding hydrogens is 586 g/mol. The molecular formula is C30H31F2N2O8S-. The molecule has 0 unspecified atom stereocenters. The third-order valence-electron chi connectivity index (χ3n) is 6.94. The van der Waals surface area contributed by atoms with Crippen molar-refractivity contribution in [1.29, 1.82) is 0 Å². The Labute approximate surface area is 248 Å². The molecule has 3 aromatic rings. The minimum Gasteiger partial charge on any atom is -0.530 e. The largest absolute Gasteiger partial charge is 0.530 e. The van der Waals surface area contributed by atoms with E-state index in [4.69, 9.17) is 14.2 Å². The number of ketones is 1. The molecule has 4 rings (SSSR count). The smallest absolute Gasteiger partial charge is 0.320 e. The average molecular weight is 618 g/mol. The van der Waals surface area contributed by atoms with Gasteiger partial charge in [0.05, 0.1) is 43.8 Å². The molecule has 1 atom stereocenters. The third kappa shape index (κ3) is 7.93. The number of ether oxygens (including phenoxy) is 3. The lowest BCUT2D eigenvalue weighted by molar-refractivity contribution is -0.276. The Bertz CT molecular complexity index is 1470. The second kappa shape index (κ2) is 14.0. The first kappa shape index (κ1) is 32.0. The molecule has 1 aliphatic heterocycles. The lowest BCUT2D eigenvalue weighted by atomic mass is 9.95. The summed E-state index contributed by atoms with van der Waals surface area (Å²) in [4.78, 5) is 26.2. The highest BCUT2D eigenvalue weighted by Gasteiger charge is 2.49. The van der Waals surface area contributed by atoms with E-state index < -0.39 is 59.4 Å². The molecule has 1 saturated heterocycles. The van der Waals surface area contributed by atoms with E-state index in [2.05, 4.69) is 0 Å². The van der Waals surface area contributed by atoms with E-state index in [-0.39, 0.29) is 24.9 Å². The van der Waals surface area contributed by atoms with Gasteiger partial charge in [-0.25, -0.2) is 8.42 Å². The molecule has 13 heteroatoms. The number of rotatable bonds is 13. The Balaban J connectivity index is 1.71. The van der Waals surface area contributed by atoms with Crippen molar-refractivity contribution in [3.8, 4) is 5.75 Å². The van der Waals surface area contributed by atoms with Crippen LogP contribution in [0.5, 0.6) is 5.75 Å². The Kier molecular flexibility index (Phi) is 10.5. The lowest BCUT2D eigenvalue weighted by Gasteiger charge is -2.41. The minimum absolute atomic E-state index is 0.123. The van der Waals surface area contributed by atoms with Crippen LogP contribution in [0.1, 0.15) is 11.1 Å². The number of hydrogen-bond donors (Lipinski definition) is 0. The summed E-state index contributed by atoms with van der Waals surface area (Å²) in [6.45, 7) is -2.55. The van der Waals surface area contributed by atoms with Crippen molar-refractivity contribution in [2.24, 2.45) is 0 Å². The second-order valence-corrected chi connectivity index (χ2v) is 11.8. The Morgan fingerprint density at radius 1 is 0.953 bits per heavy atom. The molecule has 0 bridgehead atoms. The van der Waals surface area contributed by atoms with Crippen LogP contribution in [-0.2, 0) is 37.3 Å². The second-order valence-electron chi connectivity index (χ2n) is 9.89. The molecule has 0 N–H and O–H groups in total. The van der Waals surface area contributed by atoms with Gasteiger partial charge in [0.15, 0.2) is 0 Å². The summed E-state index contributed by atoms with van der Waals surface area (Å²) in [6, 6.07) is 18.3. The lowest BCUT2D eigenvalue weighted by Crippen LogP contribution is -2.63. The van der Waals surface area contributed by atoms with E-state index in [0.717, 1.165) is 0 Å². The predicted molar refractivity (Wildman–Crippen MR) is 149 cm³/mol. The Morgan fingerprint density at radius 3 is 2.05 bits per heavy atom. The summed E-state index contributed by atoms with van der Waals surface area (Å²) in [5, 5.41) is 12.3. The first-order valence-corrected chi connectivity index (χ1v) is 14.8. The van der Waals surface area contributed by atoms with Gasteiger partial charge in [-0.3, -0.25) is 4.79 Å². The number of benzene rings is 3. The number of hydrogen-bond acceptors (Lipinski definition) is 8. The minimum atomic E-state index is -4.57. The fourth-order valence-electron chi connectivity index (χ4n) is 4.77. The first-order chi connectivity index (χ1) is 20.5. The van der Waals surface area contributed by atoms with Crippen LogP contribution < -0.4 is 9.84 Å². The summed E-state index contributed by atoms with van der Waals surface area (Å²) in [6.07, 6.45) is -2.28.